The number of hydrogen-bond acceptors (Lipinski definition) is 3. The Hall–Kier alpha value is -3.29. The summed E-state index contributed by atoms with van der Waals surface area (Å²) in [5.41, 5.74) is 1.23. The number of para-hydroxylation sites is 1. The van der Waals surface area contributed by atoms with Crippen molar-refractivity contribution in [3.63, 3.8) is 0 Å². The van der Waals surface area contributed by atoms with Gasteiger partial charge < -0.3 is 10.2 Å². The summed E-state index contributed by atoms with van der Waals surface area (Å²) in [5.74, 6) is -1.07. The Labute approximate surface area is 191 Å². The van der Waals surface area contributed by atoms with E-state index in [9.17, 15) is 18.4 Å². The molecule has 0 saturated carbocycles. The molecule has 1 aromatic heterocycles. The van der Waals surface area contributed by atoms with E-state index < -0.39 is 23.5 Å². The van der Waals surface area contributed by atoms with Crippen molar-refractivity contribution in [1.82, 2.24) is 20.0 Å². The molecule has 1 fully saturated rings. The summed E-state index contributed by atoms with van der Waals surface area (Å²) in [6.07, 6.45) is -0.717. The second-order valence-corrected chi connectivity index (χ2v) is 9.59. The van der Waals surface area contributed by atoms with Crippen molar-refractivity contribution >= 4 is 22.7 Å². The van der Waals surface area contributed by atoms with Crippen LogP contribution in [0.15, 0.2) is 48.5 Å². The largest absolute Gasteiger partial charge is 0.338 e. The molecule has 33 heavy (non-hydrogen) atoms. The summed E-state index contributed by atoms with van der Waals surface area (Å²) in [6.45, 7) is 6.35. The molecule has 2 atom stereocenters. The fourth-order valence-electron chi connectivity index (χ4n) is 4.13. The molecule has 1 aliphatic heterocycles. The number of nitrogens with zero attached hydrogens (tertiary/aromatic N) is 3. The maximum absolute atomic E-state index is 13.7. The van der Waals surface area contributed by atoms with Crippen LogP contribution in [0.25, 0.3) is 10.9 Å². The number of fused-ring (bicyclic) bond motifs is 1. The monoisotopic (exact) mass is 454 g/mol. The average Bonchev–Trinajstić information content (AvgIpc) is 3.36. The molecule has 6 nitrogen and oxygen atoms in total. The van der Waals surface area contributed by atoms with Gasteiger partial charge in [0, 0.05) is 11.9 Å². The number of rotatable bonds is 5. The summed E-state index contributed by atoms with van der Waals surface area (Å²) < 4.78 is 28.7. The molecule has 1 aliphatic rings. The van der Waals surface area contributed by atoms with Crippen LogP contribution in [0.2, 0.25) is 0 Å². The highest BCUT2D eigenvalue weighted by atomic mass is 19.1. The average molecular weight is 455 g/mol. The summed E-state index contributed by atoms with van der Waals surface area (Å²) in [7, 11) is 0. The third-order valence-corrected chi connectivity index (χ3v) is 5.95. The van der Waals surface area contributed by atoms with E-state index in [2.05, 4.69) is 10.4 Å². The Bertz CT molecular complexity index is 1170. The number of carbonyl (C=O) groups is 2. The van der Waals surface area contributed by atoms with E-state index in [1.165, 1.54) is 17.0 Å². The summed E-state index contributed by atoms with van der Waals surface area (Å²) in [4.78, 5) is 27.9. The van der Waals surface area contributed by atoms with E-state index in [1.54, 1.807) is 22.9 Å². The minimum Gasteiger partial charge on any atom is -0.338 e. The number of alkyl halides is 1. The van der Waals surface area contributed by atoms with E-state index in [0.717, 1.165) is 11.1 Å². The van der Waals surface area contributed by atoms with Crippen LogP contribution in [0.1, 0.15) is 43.2 Å². The zero-order valence-electron chi connectivity index (χ0n) is 19.0. The van der Waals surface area contributed by atoms with Crippen molar-refractivity contribution in [1.29, 1.82) is 0 Å². The molecule has 2 heterocycles. The zero-order chi connectivity index (χ0) is 23.8. The highest BCUT2D eigenvalue weighted by Crippen LogP contribution is 2.25. The third kappa shape index (κ3) is 4.89. The van der Waals surface area contributed by atoms with Gasteiger partial charge in [0.1, 0.15) is 18.0 Å². The number of nitrogens with one attached hydrogen (secondary N) is 1. The normalized spacial score (nSPS) is 17.4. The fraction of sp³-hybridized carbons (Fsp3) is 0.400. The highest BCUT2D eigenvalue weighted by Gasteiger charge is 2.39. The van der Waals surface area contributed by atoms with Crippen LogP contribution in [-0.4, -0.2) is 51.8 Å². The summed E-state index contributed by atoms with van der Waals surface area (Å²) >= 11 is 0. The van der Waals surface area contributed by atoms with E-state index in [0.29, 0.717) is 24.9 Å². The molecule has 0 radical (unpaired) electrons. The lowest BCUT2D eigenvalue weighted by molar-refractivity contribution is -0.135. The van der Waals surface area contributed by atoms with Crippen LogP contribution in [0.3, 0.4) is 0 Å². The molecule has 0 bridgehead atoms. The first-order valence-corrected chi connectivity index (χ1v) is 11.1. The Morgan fingerprint density at radius 1 is 1.15 bits per heavy atom. The Morgan fingerprint density at radius 3 is 2.48 bits per heavy atom. The molecular formula is C25H28F2N4O2. The molecule has 1 unspecified atom stereocenters. The minimum absolute atomic E-state index is 0.0521. The molecule has 8 heteroatoms. The molecule has 1 N–H and O–H groups in total. The van der Waals surface area contributed by atoms with Gasteiger partial charge in [-0.3, -0.25) is 14.3 Å². The molecular weight excluding hydrogens is 426 g/mol. The minimum atomic E-state index is -1.03. The van der Waals surface area contributed by atoms with Crippen LogP contribution in [0.4, 0.5) is 8.78 Å². The van der Waals surface area contributed by atoms with Gasteiger partial charge in [-0.1, -0.05) is 51.1 Å². The standard InChI is InChI=1S/C25H28F2N4O2/c1-25(2,3)22(24(33)30-13-12-18(27)15-30)28-23(32)21-19-6-4-5-7-20(19)31(29-21)14-16-8-10-17(26)11-9-16/h4-11,18,22H,12-15H2,1-3H3,(H,28,32)/t18?,22-/m1/s1. The Morgan fingerprint density at radius 2 is 1.85 bits per heavy atom. The quantitative estimate of drug-likeness (QED) is 0.635. The molecule has 1 saturated heterocycles. The fourth-order valence-corrected chi connectivity index (χ4v) is 4.13. The van der Waals surface area contributed by atoms with Crippen molar-refractivity contribution in [3.8, 4) is 0 Å². The van der Waals surface area contributed by atoms with Gasteiger partial charge in [0.2, 0.25) is 5.91 Å². The predicted molar refractivity (Wildman–Crippen MR) is 122 cm³/mol. The number of amides is 2. The maximum Gasteiger partial charge on any atom is 0.273 e. The molecule has 3 aromatic rings. The van der Waals surface area contributed by atoms with Crippen LogP contribution < -0.4 is 5.32 Å². The number of benzene rings is 2. The van der Waals surface area contributed by atoms with Gasteiger partial charge in [0.15, 0.2) is 5.69 Å². The molecule has 0 aliphatic carbocycles. The van der Waals surface area contributed by atoms with Gasteiger partial charge in [0.25, 0.3) is 5.91 Å². The second kappa shape index (κ2) is 8.92. The molecule has 0 spiro atoms. The number of halogens is 2. The van der Waals surface area contributed by atoms with Gasteiger partial charge in [-0.25, -0.2) is 8.78 Å². The lowest BCUT2D eigenvalue weighted by Crippen LogP contribution is -2.54. The predicted octanol–water partition coefficient (Wildman–Crippen LogP) is 3.94. The van der Waals surface area contributed by atoms with Gasteiger partial charge in [-0.05, 0) is 35.6 Å². The van der Waals surface area contributed by atoms with Crippen molar-refractivity contribution in [2.75, 3.05) is 13.1 Å². The van der Waals surface area contributed by atoms with Gasteiger partial charge in [-0.2, -0.15) is 5.10 Å². The van der Waals surface area contributed by atoms with Gasteiger partial charge in [-0.15, -0.1) is 0 Å². The van der Waals surface area contributed by atoms with Crippen molar-refractivity contribution in [2.45, 2.75) is 46.0 Å². The van der Waals surface area contributed by atoms with E-state index >= 15 is 0 Å². The van der Waals surface area contributed by atoms with Gasteiger partial charge in [0.05, 0.1) is 18.6 Å². The Balaban J connectivity index is 1.62. The first kappa shape index (κ1) is 22.9. The van der Waals surface area contributed by atoms with Crippen molar-refractivity contribution in [3.05, 3.63) is 65.6 Å². The smallest absolute Gasteiger partial charge is 0.273 e. The molecule has 4 rings (SSSR count). The molecule has 2 amide bonds. The SMILES string of the molecule is CC(C)(C)[C@H](NC(=O)c1nn(Cc2ccc(F)cc2)c2ccccc12)C(=O)N1CCC(F)C1. The molecule has 2 aromatic carbocycles. The van der Waals surface area contributed by atoms with Crippen LogP contribution in [0.5, 0.6) is 0 Å². The summed E-state index contributed by atoms with van der Waals surface area (Å²) in [5, 5.41) is 8.06. The number of likely N-dealkylation sites (tertiary alicyclic amines) is 1. The van der Waals surface area contributed by atoms with Crippen LogP contribution >= 0.6 is 0 Å². The van der Waals surface area contributed by atoms with Crippen molar-refractivity contribution in [2.24, 2.45) is 5.41 Å². The van der Waals surface area contributed by atoms with Crippen LogP contribution in [0, 0.1) is 11.2 Å². The lowest BCUT2D eigenvalue weighted by atomic mass is 9.85. The number of hydrogen-bond donors (Lipinski definition) is 1. The molecule has 174 valence electrons. The summed E-state index contributed by atoms with van der Waals surface area (Å²) in [6, 6.07) is 12.6. The second-order valence-electron chi connectivity index (χ2n) is 9.59. The van der Waals surface area contributed by atoms with E-state index in [4.69, 9.17) is 0 Å². The van der Waals surface area contributed by atoms with Crippen molar-refractivity contribution < 1.29 is 18.4 Å². The first-order chi connectivity index (χ1) is 15.6. The number of aromatic nitrogens is 2. The third-order valence-electron chi connectivity index (χ3n) is 5.95. The zero-order valence-corrected chi connectivity index (χ0v) is 19.0. The van der Waals surface area contributed by atoms with E-state index in [-0.39, 0.29) is 24.0 Å². The lowest BCUT2D eigenvalue weighted by Gasteiger charge is -2.33. The van der Waals surface area contributed by atoms with Gasteiger partial charge >= 0.3 is 0 Å². The Kier molecular flexibility index (Phi) is 6.19. The first-order valence-electron chi connectivity index (χ1n) is 11.1. The maximum atomic E-state index is 13.7. The van der Waals surface area contributed by atoms with Crippen LogP contribution in [-0.2, 0) is 11.3 Å². The highest BCUT2D eigenvalue weighted by molar-refractivity contribution is 6.06. The topological polar surface area (TPSA) is 67.2 Å². The van der Waals surface area contributed by atoms with E-state index in [1.807, 2.05) is 39.0 Å². The number of carbonyl (C=O) groups excluding carboxylic acids is 2.